The summed E-state index contributed by atoms with van der Waals surface area (Å²) in [6.45, 7) is 0.225. The average molecular weight is 318 g/mol. The van der Waals surface area contributed by atoms with E-state index in [0.29, 0.717) is 22.2 Å². The molecule has 1 aromatic carbocycles. The van der Waals surface area contributed by atoms with Gasteiger partial charge in [-0.25, -0.2) is 0 Å². The number of amides is 1. The van der Waals surface area contributed by atoms with Gasteiger partial charge in [-0.2, -0.15) is 0 Å². The molecule has 1 saturated heterocycles. The molecule has 2 rings (SSSR count). The summed E-state index contributed by atoms with van der Waals surface area (Å²) in [5, 5.41) is -0.134. The molecule has 0 radical (unpaired) electrons. The predicted molar refractivity (Wildman–Crippen MR) is 75.9 cm³/mol. The fraction of sp³-hybridized carbons (Fsp3) is 0.385. The lowest BCUT2D eigenvalue weighted by Gasteiger charge is -2.20. The van der Waals surface area contributed by atoms with Crippen molar-refractivity contribution in [3.63, 3.8) is 0 Å². The van der Waals surface area contributed by atoms with Gasteiger partial charge in [0.1, 0.15) is 11.5 Å². The first-order valence-electron chi connectivity index (χ1n) is 5.89. The highest BCUT2D eigenvalue weighted by molar-refractivity contribution is 6.64. The summed E-state index contributed by atoms with van der Waals surface area (Å²) in [5.74, 6) is 0.171. The molecule has 1 fully saturated rings. The maximum atomic E-state index is 12.0. The van der Waals surface area contributed by atoms with Gasteiger partial charge in [0.25, 0.3) is 0 Å². The van der Waals surface area contributed by atoms with E-state index in [0.717, 1.165) is 0 Å². The maximum absolute atomic E-state index is 12.0. The van der Waals surface area contributed by atoms with Gasteiger partial charge in [-0.15, -0.1) is 0 Å². The summed E-state index contributed by atoms with van der Waals surface area (Å²) >= 11 is 11.5. The highest BCUT2D eigenvalue weighted by Gasteiger charge is 2.36. The van der Waals surface area contributed by atoms with Gasteiger partial charge in [0, 0.05) is 25.1 Å². The molecule has 0 aromatic heterocycles. The van der Waals surface area contributed by atoms with Crippen LogP contribution < -0.4 is 14.4 Å². The Morgan fingerprint density at radius 2 is 1.95 bits per heavy atom. The molecule has 1 aliphatic heterocycles. The summed E-state index contributed by atoms with van der Waals surface area (Å²) in [5.41, 5.74) is 0.513. The number of nitrogens with zero attached hydrogens (tertiary/aromatic N) is 1. The van der Waals surface area contributed by atoms with Crippen LogP contribution >= 0.6 is 23.2 Å². The van der Waals surface area contributed by atoms with Crippen LogP contribution in [-0.4, -0.2) is 31.9 Å². The van der Waals surface area contributed by atoms with E-state index in [9.17, 15) is 9.59 Å². The van der Waals surface area contributed by atoms with Crippen molar-refractivity contribution in [1.82, 2.24) is 0 Å². The first-order valence-corrected chi connectivity index (χ1v) is 6.64. The first kappa shape index (κ1) is 14.9. The minimum atomic E-state index is -0.513. The number of hydrogen-bond donors (Lipinski definition) is 0. The number of carbonyl (C=O) groups is 2. The third-order valence-corrected chi connectivity index (χ3v) is 3.79. The van der Waals surface area contributed by atoms with Gasteiger partial charge in [0.2, 0.25) is 11.1 Å². The Kier molecular flexibility index (Phi) is 4.40. The number of anilines is 1. The normalized spacial score (nSPS) is 18.3. The highest BCUT2D eigenvalue weighted by atomic mass is 35.5. The Hall–Kier alpha value is -1.46. The van der Waals surface area contributed by atoms with Crippen molar-refractivity contribution in [3.05, 3.63) is 17.2 Å². The summed E-state index contributed by atoms with van der Waals surface area (Å²) in [4.78, 5) is 24.7. The number of hydrogen-bond acceptors (Lipinski definition) is 4. The molecule has 0 aliphatic carbocycles. The molecule has 108 valence electrons. The summed E-state index contributed by atoms with van der Waals surface area (Å²) < 4.78 is 10.4. The van der Waals surface area contributed by atoms with E-state index in [1.54, 1.807) is 12.1 Å². The summed E-state index contributed by atoms with van der Waals surface area (Å²) in [6.07, 6.45) is 0.0937. The fourth-order valence-electron chi connectivity index (χ4n) is 2.15. The van der Waals surface area contributed by atoms with Crippen LogP contribution in [0.1, 0.15) is 6.42 Å². The Morgan fingerprint density at radius 3 is 2.45 bits per heavy atom. The largest absolute Gasteiger partial charge is 0.495 e. The van der Waals surface area contributed by atoms with Crippen molar-refractivity contribution in [2.45, 2.75) is 6.42 Å². The maximum Gasteiger partial charge on any atom is 0.227 e. The van der Waals surface area contributed by atoms with Gasteiger partial charge in [0.15, 0.2) is 0 Å². The lowest BCUT2D eigenvalue weighted by atomic mass is 10.1. The van der Waals surface area contributed by atoms with Gasteiger partial charge < -0.3 is 14.4 Å². The van der Waals surface area contributed by atoms with Gasteiger partial charge in [-0.05, 0) is 11.6 Å². The van der Waals surface area contributed by atoms with E-state index in [1.807, 2.05) is 0 Å². The van der Waals surface area contributed by atoms with E-state index in [4.69, 9.17) is 32.7 Å². The standard InChI is InChI=1S/C13H13Cl2NO4/c1-19-10-5-9(11(20-2)4-8(10)14)16-6-7(13(15)18)3-12(16)17/h4-5,7H,3,6H2,1-2H3/t7-/m1/s1. The van der Waals surface area contributed by atoms with Crippen LogP contribution in [-0.2, 0) is 9.59 Å². The van der Waals surface area contributed by atoms with Crippen molar-refractivity contribution in [3.8, 4) is 11.5 Å². The quantitative estimate of drug-likeness (QED) is 0.800. The van der Waals surface area contributed by atoms with Gasteiger partial charge in [0.05, 0.1) is 30.8 Å². The number of halogens is 2. The topological polar surface area (TPSA) is 55.8 Å². The molecule has 0 N–H and O–H groups in total. The molecule has 1 amide bonds. The number of benzene rings is 1. The molecule has 5 nitrogen and oxygen atoms in total. The monoisotopic (exact) mass is 317 g/mol. The molecule has 0 spiro atoms. The number of rotatable bonds is 4. The lowest BCUT2D eigenvalue weighted by molar-refractivity contribution is -0.120. The highest BCUT2D eigenvalue weighted by Crippen LogP contribution is 2.40. The molecule has 7 heteroatoms. The van der Waals surface area contributed by atoms with Crippen molar-refractivity contribution >= 4 is 40.0 Å². The number of methoxy groups -OCH3 is 2. The van der Waals surface area contributed by atoms with Crippen LogP contribution in [0.2, 0.25) is 5.02 Å². The second-order valence-electron chi connectivity index (χ2n) is 4.37. The Bertz CT molecular complexity index is 562. The van der Waals surface area contributed by atoms with Crippen molar-refractivity contribution in [2.75, 3.05) is 25.7 Å². The van der Waals surface area contributed by atoms with E-state index in [2.05, 4.69) is 0 Å². The van der Waals surface area contributed by atoms with E-state index in [1.165, 1.54) is 19.1 Å². The van der Waals surface area contributed by atoms with Crippen LogP contribution in [0, 0.1) is 5.92 Å². The molecule has 1 atom stereocenters. The zero-order chi connectivity index (χ0) is 14.9. The SMILES string of the molecule is COc1cc(N2C[C@H](C(=O)Cl)CC2=O)c(OC)cc1Cl. The molecule has 0 bridgehead atoms. The Balaban J connectivity index is 2.41. The average Bonchev–Trinajstić information content (AvgIpc) is 2.80. The zero-order valence-electron chi connectivity index (χ0n) is 11.0. The minimum absolute atomic E-state index is 0.0937. The Labute approximate surface area is 126 Å². The zero-order valence-corrected chi connectivity index (χ0v) is 12.5. The van der Waals surface area contributed by atoms with E-state index < -0.39 is 11.2 Å². The third-order valence-electron chi connectivity index (χ3n) is 3.19. The van der Waals surface area contributed by atoms with E-state index in [-0.39, 0.29) is 18.9 Å². The van der Waals surface area contributed by atoms with Crippen LogP contribution in [0.3, 0.4) is 0 Å². The lowest BCUT2D eigenvalue weighted by Crippen LogP contribution is -2.25. The van der Waals surface area contributed by atoms with Crippen LogP contribution in [0.15, 0.2) is 12.1 Å². The molecule has 20 heavy (non-hydrogen) atoms. The second-order valence-corrected chi connectivity index (χ2v) is 5.15. The van der Waals surface area contributed by atoms with Crippen molar-refractivity contribution < 1.29 is 19.1 Å². The van der Waals surface area contributed by atoms with Crippen LogP contribution in [0.25, 0.3) is 0 Å². The van der Waals surface area contributed by atoms with Crippen LogP contribution in [0.5, 0.6) is 11.5 Å². The van der Waals surface area contributed by atoms with Crippen molar-refractivity contribution in [1.29, 1.82) is 0 Å². The molecule has 1 heterocycles. The minimum Gasteiger partial charge on any atom is -0.495 e. The number of ether oxygens (including phenoxy) is 2. The number of carbonyl (C=O) groups excluding carboxylic acids is 2. The van der Waals surface area contributed by atoms with Crippen molar-refractivity contribution in [2.24, 2.45) is 5.92 Å². The second kappa shape index (κ2) is 5.89. The molecular weight excluding hydrogens is 305 g/mol. The predicted octanol–water partition coefficient (Wildman–Crippen LogP) is 2.48. The Morgan fingerprint density at radius 1 is 1.30 bits per heavy atom. The molecule has 1 aromatic rings. The first-order chi connectivity index (χ1) is 9.47. The smallest absolute Gasteiger partial charge is 0.227 e. The van der Waals surface area contributed by atoms with Gasteiger partial charge >= 0.3 is 0 Å². The fourth-order valence-corrected chi connectivity index (χ4v) is 2.52. The van der Waals surface area contributed by atoms with Gasteiger partial charge in [-0.3, -0.25) is 9.59 Å². The molecule has 0 unspecified atom stereocenters. The summed E-state index contributed by atoms with van der Waals surface area (Å²) in [6, 6.07) is 3.18. The van der Waals surface area contributed by atoms with Crippen LogP contribution in [0.4, 0.5) is 5.69 Å². The molecule has 0 saturated carbocycles. The van der Waals surface area contributed by atoms with E-state index >= 15 is 0 Å². The third kappa shape index (κ3) is 2.69. The molecular formula is C13H13Cl2NO4. The summed E-state index contributed by atoms with van der Waals surface area (Å²) in [7, 11) is 2.96. The molecule has 1 aliphatic rings. The van der Waals surface area contributed by atoms with Gasteiger partial charge in [-0.1, -0.05) is 11.6 Å².